The van der Waals surface area contributed by atoms with E-state index in [4.69, 9.17) is 14.2 Å². The number of nitrogens with one attached hydrogen (secondary N) is 1. The van der Waals surface area contributed by atoms with Crippen molar-refractivity contribution in [3.05, 3.63) is 72.9 Å². The third kappa shape index (κ3) is 44.8. The van der Waals surface area contributed by atoms with Crippen LogP contribution in [0.2, 0.25) is 0 Å². The SMILES string of the molecule is CCCCC/C=C/CC/C=C/C(O)C(COC1OC(CO)C(O)C(O)C1O)NC(=O)CCCCCCCCC/C=C\C/C=C\CCCCCCCCCCCOC(=O)CCCCCCCCC/C=C\C/C=C\CCCCCC. The summed E-state index contributed by atoms with van der Waals surface area (Å²) >= 11 is 0. The lowest BCUT2D eigenvalue weighted by molar-refractivity contribution is -0.302. The van der Waals surface area contributed by atoms with Crippen molar-refractivity contribution in [2.45, 2.75) is 320 Å². The summed E-state index contributed by atoms with van der Waals surface area (Å²) in [5, 5.41) is 54.2. The van der Waals surface area contributed by atoms with Gasteiger partial charge in [-0.1, -0.05) is 228 Å². The van der Waals surface area contributed by atoms with Crippen LogP contribution in [0.5, 0.6) is 0 Å². The lowest BCUT2D eigenvalue weighted by Gasteiger charge is -2.40. The summed E-state index contributed by atoms with van der Waals surface area (Å²) in [4.78, 5) is 25.1. The Morgan fingerprint density at radius 3 is 1.37 bits per heavy atom. The highest BCUT2D eigenvalue weighted by atomic mass is 16.7. The number of hydrogen-bond acceptors (Lipinski definition) is 10. The number of allylic oxidation sites excluding steroid dienone is 11. The number of carbonyl (C=O) groups excluding carboxylic acids is 2. The van der Waals surface area contributed by atoms with Gasteiger partial charge in [-0.2, -0.15) is 0 Å². The van der Waals surface area contributed by atoms with E-state index in [-0.39, 0.29) is 18.5 Å². The number of carbonyl (C=O) groups is 2. The first-order valence-corrected chi connectivity index (χ1v) is 32.2. The van der Waals surface area contributed by atoms with Gasteiger partial charge in [0.05, 0.1) is 32.0 Å². The normalized spacial score (nSPS) is 19.0. The molecule has 1 heterocycles. The fourth-order valence-corrected chi connectivity index (χ4v) is 9.63. The summed E-state index contributed by atoms with van der Waals surface area (Å²) in [6, 6.07) is -0.835. The van der Waals surface area contributed by atoms with Crippen LogP contribution in [0.4, 0.5) is 0 Å². The number of amides is 1. The molecular formula is C67H119NO10. The van der Waals surface area contributed by atoms with Crippen LogP contribution in [-0.4, -0.2) is 100 Å². The Balaban J connectivity index is 1.99. The van der Waals surface area contributed by atoms with E-state index >= 15 is 0 Å². The predicted octanol–water partition coefficient (Wildman–Crippen LogP) is 15.6. The zero-order valence-electron chi connectivity index (χ0n) is 49.9. The maximum atomic E-state index is 13.0. The maximum Gasteiger partial charge on any atom is 0.305 e. The molecule has 0 radical (unpaired) electrons. The molecule has 1 amide bonds. The number of ether oxygens (including phenoxy) is 3. The largest absolute Gasteiger partial charge is 0.466 e. The Morgan fingerprint density at radius 1 is 0.474 bits per heavy atom. The van der Waals surface area contributed by atoms with E-state index in [2.05, 4.69) is 79.9 Å². The van der Waals surface area contributed by atoms with Crippen LogP contribution in [0.25, 0.3) is 0 Å². The third-order valence-corrected chi connectivity index (χ3v) is 14.8. The molecule has 78 heavy (non-hydrogen) atoms. The van der Waals surface area contributed by atoms with Crippen molar-refractivity contribution in [1.82, 2.24) is 5.32 Å². The average Bonchev–Trinajstić information content (AvgIpc) is 3.43. The third-order valence-electron chi connectivity index (χ3n) is 14.8. The van der Waals surface area contributed by atoms with Crippen LogP contribution in [0.15, 0.2) is 72.9 Å². The average molecular weight is 1100 g/mol. The molecule has 0 spiro atoms. The summed E-state index contributed by atoms with van der Waals surface area (Å²) in [7, 11) is 0. The van der Waals surface area contributed by atoms with Crippen LogP contribution in [-0.2, 0) is 23.8 Å². The molecule has 0 aliphatic carbocycles. The second kappa shape index (κ2) is 56.0. The quantitative estimate of drug-likeness (QED) is 0.0195. The molecule has 1 fully saturated rings. The van der Waals surface area contributed by atoms with E-state index in [0.29, 0.717) is 19.4 Å². The van der Waals surface area contributed by atoms with Gasteiger partial charge >= 0.3 is 5.97 Å². The molecule has 1 rings (SSSR count). The summed E-state index contributed by atoms with van der Waals surface area (Å²) in [6.07, 6.45) is 64.6. The topological polar surface area (TPSA) is 175 Å². The molecule has 11 heteroatoms. The van der Waals surface area contributed by atoms with Crippen LogP contribution in [0.3, 0.4) is 0 Å². The van der Waals surface area contributed by atoms with Gasteiger partial charge in [0.15, 0.2) is 6.29 Å². The molecule has 0 bridgehead atoms. The minimum atomic E-state index is -1.58. The van der Waals surface area contributed by atoms with Crippen molar-refractivity contribution in [2.75, 3.05) is 19.8 Å². The Hall–Kier alpha value is -2.90. The zero-order chi connectivity index (χ0) is 56.6. The van der Waals surface area contributed by atoms with Gasteiger partial charge in [-0.05, 0) is 109 Å². The van der Waals surface area contributed by atoms with Crippen molar-refractivity contribution < 1.29 is 49.3 Å². The van der Waals surface area contributed by atoms with E-state index in [9.17, 15) is 35.1 Å². The number of rotatable bonds is 55. The summed E-state index contributed by atoms with van der Waals surface area (Å²) < 4.78 is 16.7. The van der Waals surface area contributed by atoms with Gasteiger partial charge in [0.2, 0.25) is 5.91 Å². The van der Waals surface area contributed by atoms with Gasteiger partial charge in [0.25, 0.3) is 0 Å². The first kappa shape index (κ1) is 73.1. The first-order chi connectivity index (χ1) is 38.2. The smallest absolute Gasteiger partial charge is 0.305 e. The standard InChI is InChI=1S/C67H119NO10/c1-3-5-7-9-11-13-14-15-16-17-26-29-32-35-39-43-47-51-55-63(72)76-56-52-48-44-40-36-33-30-27-24-22-20-18-19-21-23-25-28-31-34-38-42-46-50-54-62(71)68-59(60(70)53-49-45-41-37-12-10-8-6-4-2)58-77-67-66(75)65(74)64(73)61(57-69)78-67/h12-14,16-18,20-21,23,37,49,53,59-61,64-67,69-70,73-75H,3-11,15,19,22,24-36,38-48,50-52,54-58H2,1-2H3,(H,68,71)/b14-13-,17-16-,20-18-,23-21-,37-12+,53-49+. The molecule has 1 saturated heterocycles. The van der Waals surface area contributed by atoms with Crippen molar-refractivity contribution in [3.8, 4) is 0 Å². The highest BCUT2D eigenvalue weighted by Crippen LogP contribution is 2.23. The van der Waals surface area contributed by atoms with Crippen LogP contribution < -0.4 is 5.32 Å². The monoisotopic (exact) mass is 1100 g/mol. The van der Waals surface area contributed by atoms with Gasteiger partial charge in [-0.15, -0.1) is 0 Å². The Bertz CT molecular complexity index is 1520. The Kier molecular flexibility index (Phi) is 52.5. The highest BCUT2D eigenvalue weighted by Gasteiger charge is 2.44. The fourth-order valence-electron chi connectivity index (χ4n) is 9.63. The fraction of sp³-hybridized carbons (Fsp3) is 0.791. The van der Waals surface area contributed by atoms with Crippen molar-refractivity contribution >= 4 is 11.9 Å². The van der Waals surface area contributed by atoms with Crippen LogP contribution >= 0.6 is 0 Å². The first-order valence-electron chi connectivity index (χ1n) is 32.2. The summed E-state index contributed by atoms with van der Waals surface area (Å²) in [5.41, 5.74) is 0. The molecule has 0 aromatic carbocycles. The predicted molar refractivity (Wildman–Crippen MR) is 324 cm³/mol. The summed E-state index contributed by atoms with van der Waals surface area (Å²) in [6.45, 7) is 4.24. The number of aliphatic hydroxyl groups is 5. The minimum absolute atomic E-state index is 0.0134. The second-order valence-electron chi connectivity index (χ2n) is 22.1. The maximum absolute atomic E-state index is 13.0. The van der Waals surface area contributed by atoms with Crippen molar-refractivity contribution in [3.63, 3.8) is 0 Å². The molecule has 11 nitrogen and oxygen atoms in total. The van der Waals surface area contributed by atoms with E-state index in [1.54, 1.807) is 6.08 Å². The van der Waals surface area contributed by atoms with E-state index < -0.39 is 49.5 Å². The molecule has 0 aromatic heterocycles. The van der Waals surface area contributed by atoms with E-state index in [1.807, 2.05) is 6.08 Å². The van der Waals surface area contributed by atoms with Crippen LogP contribution in [0.1, 0.15) is 277 Å². The molecule has 7 unspecified atom stereocenters. The lowest BCUT2D eigenvalue weighted by atomic mass is 9.99. The van der Waals surface area contributed by atoms with Gasteiger partial charge in [-0.25, -0.2) is 0 Å². The molecule has 0 saturated carbocycles. The van der Waals surface area contributed by atoms with E-state index in [0.717, 1.165) is 96.3 Å². The Labute approximate surface area is 477 Å². The van der Waals surface area contributed by atoms with Crippen molar-refractivity contribution in [2.24, 2.45) is 0 Å². The van der Waals surface area contributed by atoms with Crippen LogP contribution in [0, 0.1) is 0 Å². The highest BCUT2D eigenvalue weighted by molar-refractivity contribution is 5.76. The number of hydrogen-bond donors (Lipinski definition) is 6. The zero-order valence-corrected chi connectivity index (χ0v) is 49.9. The number of unbranched alkanes of at least 4 members (excludes halogenated alkanes) is 31. The molecule has 6 N–H and O–H groups in total. The van der Waals surface area contributed by atoms with Gasteiger partial charge in [0, 0.05) is 12.8 Å². The number of aliphatic hydroxyl groups excluding tert-OH is 5. The molecule has 452 valence electrons. The minimum Gasteiger partial charge on any atom is -0.466 e. The number of esters is 1. The van der Waals surface area contributed by atoms with Gasteiger partial charge in [0.1, 0.15) is 24.4 Å². The molecular weight excluding hydrogens is 979 g/mol. The molecule has 1 aliphatic heterocycles. The molecule has 0 aromatic rings. The van der Waals surface area contributed by atoms with E-state index in [1.165, 1.54) is 154 Å². The van der Waals surface area contributed by atoms with Gasteiger partial charge in [-0.3, -0.25) is 9.59 Å². The van der Waals surface area contributed by atoms with Crippen molar-refractivity contribution in [1.29, 1.82) is 0 Å². The summed E-state index contributed by atoms with van der Waals surface area (Å²) in [5.74, 6) is -0.220. The molecule has 7 atom stereocenters. The van der Waals surface area contributed by atoms with Gasteiger partial charge < -0.3 is 45.1 Å². The lowest BCUT2D eigenvalue weighted by Crippen LogP contribution is -2.60. The Morgan fingerprint density at radius 2 is 0.872 bits per heavy atom. The molecule has 1 aliphatic rings. The second-order valence-corrected chi connectivity index (χ2v) is 22.1.